The van der Waals surface area contributed by atoms with Crippen LogP contribution in [0.5, 0.6) is 0 Å². The molecule has 0 amide bonds. The van der Waals surface area contributed by atoms with E-state index in [1.54, 1.807) is 29.5 Å². The monoisotopic (exact) mass is 471 g/mol. The summed E-state index contributed by atoms with van der Waals surface area (Å²) in [7, 11) is 3.56. The summed E-state index contributed by atoms with van der Waals surface area (Å²) in [5, 5.41) is 6.49. The molecule has 10 heteroatoms. The van der Waals surface area contributed by atoms with Gasteiger partial charge in [0.2, 0.25) is 5.95 Å². The zero-order valence-electron chi connectivity index (χ0n) is 17.8. The van der Waals surface area contributed by atoms with Crippen LogP contribution in [-0.2, 0) is 14.1 Å². The first-order valence-corrected chi connectivity index (χ1v) is 11.5. The van der Waals surface area contributed by atoms with Crippen LogP contribution in [0.25, 0.3) is 33.1 Å². The van der Waals surface area contributed by atoms with Crippen LogP contribution >= 0.6 is 23.2 Å². The molecule has 2 aliphatic heterocycles. The molecule has 166 valence electrons. The Balaban J connectivity index is 1.53. The Morgan fingerprint density at radius 2 is 1.81 bits per heavy atom. The van der Waals surface area contributed by atoms with E-state index in [2.05, 4.69) is 15.0 Å². The van der Waals surface area contributed by atoms with E-state index in [9.17, 15) is 4.79 Å². The van der Waals surface area contributed by atoms with Crippen molar-refractivity contribution in [2.75, 3.05) is 4.90 Å². The zero-order valence-corrected chi connectivity index (χ0v) is 19.3. The molecule has 0 spiro atoms. The van der Waals surface area contributed by atoms with E-state index in [-0.39, 0.29) is 11.6 Å². The fourth-order valence-electron chi connectivity index (χ4n) is 5.56. The van der Waals surface area contributed by atoms with Gasteiger partial charge in [-0.15, -0.1) is 0 Å². The van der Waals surface area contributed by atoms with Gasteiger partial charge in [0.1, 0.15) is 10.8 Å². The molecule has 2 saturated heterocycles. The minimum absolute atomic E-state index is 0.107. The summed E-state index contributed by atoms with van der Waals surface area (Å²) in [4.78, 5) is 24.0. The van der Waals surface area contributed by atoms with Gasteiger partial charge in [-0.1, -0.05) is 29.3 Å². The lowest BCUT2D eigenvalue weighted by Gasteiger charge is -2.38. The topological polar surface area (TPSA) is 97.8 Å². The molecule has 3 aromatic heterocycles. The fourth-order valence-corrected chi connectivity index (χ4v) is 6.19. The third-order valence-corrected chi connectivity index (χ3v) is 7.87. The van der Waals surface area contributed by atoms with Crippen LogP contribution in [0, 0.1) is 0 Å². The molecule has 4 aromatic rings. The van der Waals surface area contributed by atoms with E-state index in [1.165, 1.54) is 0 Å². The summed E-state index contributed by atoms with van der Waals surface area (Å²) < 4.78 is 3.24. The molecule has 0 aliphatic carbocycles. The fraction of sp³-hybridized carbons (Fsp3) is 0.409. The molecule has 3 atom stereocenters. The van der Waals surface area contributed by atoms with Crippen molar-refractivity contribution in [1.29, 1.82) is 0 Å². The highest BCUT2D eigenvalue weighted by atomic mass is 35.5. The number of piperidine rings is 1. The zero-order chi connectivity index (χ0) is 22.3. The van der Waals surface area contributed by atoms with Crippen molar-refractivity contribution in [3.05, 3.63) is 38.9 Å². The third-order valence-electron chi connectivity index (χ3n) is 7.05. The Kier molecular flexibility index (Phi) is 4.38. The van der Waals surface area contributed by atoms with Crippen LogP contribution in [0.3, 0.4) is 0 Å². The van der Waals surface area contributed by atoms with Gasteiger partial charge in [-0.05, 0) is 31.7 Å². The molecular formula is C22H23Cl2N7O. The highest BCUT2D eigenvalue weighted by Gasteiger charge is 2.41. The first-order valence-electron chi connectivity index (χ1n) is 10.8. The molecule has 1 aromatic carbocycles. The molecule has 2 fully saturated rings. The highest BCUT2D eigenvalue weighted by molar-refractivity contribution is 6.43. The van der Waals surface area contributed by atoms with Gasteiger partial charge in [0, 0.05) is 49.5 Å². The van der Waals surface area contributed by atoms with Crippen molar-refractivity contribution in [2.45, 2.75) is 43.8 Å². The SMILES string of the molecule is Cn1nc2ccc(-c3c[nH]c4nc(N5[C@@H]6CC[C@H]5C[C@@H](N)C6)n(C)c(=O)c34)c(Cl)c2c1Cl. The van der Waals surface area contributed by atoms with Crippen LogP contribution < -0.4 is 16.2 Å². The number of benzene rings is 1. The average Bonchev–Trinajstić information content (AvgIpc) is 3.38. The first kappa shape index (κ1) is 20.1. The molecule has 0 saturated carbocycles. The Morgan fingerprint density at radius 1 is 1.09 bits per heavy atom. The lowest BCUT2D eigenvalue weighted by molar-refractivity contribution is 0.405. The van der Waals surface area contributed by atoms with E-state index in [0.29, 0.717) is 55.7 Å². The maximum absolute atomic E-state index is 13.6. The van der Waals surface area contributed by atoms with Crippen molar-refractivity contribution < 1.29 is 0 Å². The van der Waals surface area contributed by atoms with Gasteiger partial charge in [-0.2, -0.15) is 10.1 Å². The van der Waals surface area contributed by atoms with Crippen molar-refractivity contribution in [3.63, 3.8) is 0 Å². The Labute approximate surface area is 193 Å². The predicted molar refractivity (Wildman–Crippen MR) is 128 cm³/mol. The van der Waals surface area contributed by atoms with Crippen molar-refractivity contribution in [2.24, 2.45) is 19.8 Å². The summed E-state index contributed by atoms with van der Waals surface area (Å²) in [6, 6.07) is 4.62. The second-order valence-electron chi connectivity index (χ2n) is 8.96. The summed E-state index contributed by atoms with van der Waals surface area (Å²) in [5.74, 6) is 0.701. The Hall–Kier alpha value is -2.55. The largest absolute Gasteiger partial charge is 0.345 e. The summed E-state index contributed by atoms with van der Waals surface area (Å²) in [6.07, 6.45) is 5.83. The predicted octanol–water partition coefficient (Wildman–Crippen LogP) is 3.58. The number of aryl methyl sites for hydroxylation is 1. The summed E-state index contributed by atoms with van der Waals surface area (Å²) in [6.45, 7) is 0. The highest BCUT2D eigenvalue weighted by Crippen LogP contribution is 2.41. The Morgan fingerprint density at radius 3 is 2.53 bits per heavy atom. The maximum atomic E-state index is 13.6. The van der Waals surface area contributed by atoms with Crippen LogP contribution in [-0.4, -0.2) is 42.4 Å². The number of hydrogen-bond acceptors (Lipinski definition) is 5. The molecule has 8 nitrogen and oxygen atoms in total. The lowest BCUT2D eigenvalue weighted by Crippen LogP contribution is -2.49. The first-order chi connectivity index (χ1) is 15.3. The second kappa shape index (κ2) is 6.97. The Bertz CT molecular complexity index is 1440. The minimum Gasteiger partial charge on any atom is -0.345 e. The summed E-state index contributed by atoms with van der Waals surface area (Å²) in [5.41, 5.74) is 8.82. The molecule has 2 bridgehead atoms. The molecule has 6 rings (SSSR count). The van der Waals surface area contributed by atoms with Gasteiger partial charge < -0.3 is 15.6 Å². The van der Waals surface area contributed by atoms with Crippen molar-refractivity contribution in [1.82, 2.24) is 24.3 Å². The third kappa shape index (κ3) is 2.69. The second-order valence-corrected chi connectivity index (χ2v) is 9.70. The standard InChI is InChI=1S/C22H23Cl2N7O/c1-29-21(32)16-14(13-5-6-15-17(18(13)23)19(24)30(2)28-15)9-26-20(16)27-22(29)31-11-3-4-12(31)8-10(25)7-11/h5-6,9-12,26H,3-4,7-8,25H2,1-2H3/t10-,11+,12-. The normalized spacial score (nSPS) is 23.0. The molecule has 5 heterocycles. The number of aromatic amines is 1. The number of nitrogens with zero attached hydrogens (tertiary/aromatic N) is 5. The quantitative estimate of drug-likeness (QED) is 0.465. The average molecular weight is 472 g/mol. The molecule has 0 radical (unpaired) electrons. The number of aromatic nitrogens is 5. The van der Waals surface area contributed by atoms with Crippen molar-refractivity contribution >= 4 is 51.1 Å². The molecular weight excluding hydrogens is 449 g/mol. The van der Waals surface area contributed by atoms with Gasteiger partial charge in [-0.3, -0.25) is 14.0 Å². The number of halogens is 2. The van der Waals surface area contributed by atoms with E-state index in [1.807, 2.05) is 12.1 Å². The number of nitrogens with two attached hydrogens (primary N) is 1. The molecule has 32 heavy (non-hydrogen) atoms. The number of rotatable bonds is 2. The number of fused-ring (bicyclic) bond motifs is 4. The number of anilines is 1. The van der Waals surface area contributed by atoms with Gasteiger partial charge >= 0.3 is 0 Å². The van der Waals surface area contributed by atoms with Crippen LogP contribution in [0.15, 0.2) is 23.1 Å². The van der Waals surface area contributed by atoms with Gasteiger partial charge in [0.25, 0.3) is 5.56 Å². The van der Waals surface area contributed by atoms with E-state index in [4.69, 9.17) is 33.9 Å². The molecule has 0 unspecified atom stereocenters. The van der Waals surface area contributed by atoms with Gasteiger partial charge in [-0.25, -0.2) is 0 Å². The van der Waals surface area contributed by atoms with Crippen LogP contribution in [0.4, 0.5) is 5.95 Å². The van der Waals surface area contributed by atoms with Crippen LogP contribution in [0.1, 0.15) is 25.7 Å². The van der Waals surface area contributed by atoms with E-state index < -0.39 is 0 Å². The number of hydrogen-bond donors (Lipinski definition) is 2. The van der Waals surface area contributed by atoms with Crippen molar-refractivity contribution in [3.8, 4) is 11.1 Å². The summed E-state index contributed by atoms with van der Waals surface area (Å²) >= 11 is 13.2. The number of H-pyrrole nitrogens is 1. The maximum Gasteiger partial charge on any atom is 0.264 e. The van der Waals surface area contributed by atoms with Gasteiger partial charge in [0.15, 0.2) is 0 Å². The van der Waals surface area contributed by atoms with Crippen LogP contribution in [0.2, 0.25) is 10.2 Å². The van der Waals surface area contributed by atoms with E-state index in [0.717, 1.165) is 31.2 Å². The number of nitrogens with one attached hydrogen (secondary N) is 1. The molecule has 2 aliphatic rings. The smallest absolute Gasteiger partial charge is 0.264 e. The minimum atomic E-state index is -0.107. The lowest BCUT2D eigenvalue weighted by atomic mass is 9.98. The molecule has 3 N–H and O–H groups in total. The van der Waals surface area contributed by atoms with Gasteiger partial charge in [0.05, 0.1) is 21.3 Å². The van der Waals surface area contributed by atoms with E-state index >= 15 is 0 Å².